The van der Waals surface area contributed by atoms with Crippen LogP contribution >= 0.6 is 22.6 Å². The number of benzene rings is 3. The van der Waals surface area contributed by atoms with E-state index in [2.05, 4.69) is 27.9 Å². The van der Waals surface area contributed by atoms with Crippen molar-refractivity contribution < 1.29 is 4.79 Å². The molecule has 152 valence electrons. The summed E-state index contributed by atoms with van der Waals surface area (Å²) in [5.74, 6) is 0.220. The summed E-state index contributed by atoms with van der Waals surface area (Å²) in [6, 6.07) is 19.1. The van der Waals surface area contributed by atoms with Gasteiger partial charge in [0.15, 0.2) is 0 Å². The van der Waals surface area contributed by atoms with E-state index in [0.717, 1.165) is 25.9 Å². The number of fused-ring (bicyclic) bond motifs is 2. The van der Waals surface area contributed by atoms with Gasteiger partial charge in [0, 0.05) is 14.8 Å². The number of carbonyl (C=O) groups excluding carboxylic acids is 1. The lowest BCUT2D eigenvalue weighted by Crippen LogP contribution is -2.23. The van der Waals surface area contributed by atoms with Gasteiger partial charge in [-0.25, -0.2) is 4.98 Å². The predicted molar refractivity (Wildman–Crippen MR) is 132 cm³/mol. The van der Waals surface area contributed by atoms with Crippen LogP contribution in [0.25, 0.3) is 28.2 Å². The van der Waals surface area contributed by atoms with E-state index in [1.807, 2.05) is 74.5 Å². The third-order valence-corrected chi connectivity index (χ3v) is 6.02. The lowest BCUT2D eigenvalue weighted by atomic mass is 10.0. The highest BCUT2D eigenvalue weighted by atomic mass is 127. The van der Waals surface area contributed by atoms with Crippen molar-refractivity contribution in [2.24, 2.45) is 0 Å². The van der Waals surface area contributed by atoms with Gasteiger partial charge in [0.05, 0.1) is 22.2 Å². The number of amides is 1. The fraction of sp³-hybridized carbons (Fsp3) is 0.0800. The second kappa shape index (κ2) is 7.46. The topological polar surface area (TPSA) is 64.0 Å². The first-order valence-electron chi connectivity index (χ1n) is 9.84. The van der Waals surface area contributed by atoms with Gasteiger partial charge in [0.2, 0.25) is 0 Å². The van der Waals surface area contributed by atoms with Crippen LogP contribution in [-0.4, -0.2) is 15.5 Å². The number of rotatable bonds is 2. The van der Waals surface area contributed by atoms with Gasteiger partial charge in [0.25, 0.3) is 11.5 Å². The van der Waals surface area contributed by atoms with Gasteiger partial charge in [-0.1, -0.05) is 23.8 Å². The lowest BCUT2D eigenvalue weighted by Gasteiger charge is -2.13. The highest BCUT2D eigenvalue weighted by Crippen LogP contribution is 2.33. The van der Waals surface area contributed by atoms with Crippen molar-refractivity contribution in [2.45, 2.75) is 13.8 Å². The highest BCUT2D eigenvalue weighted by molar-refractivity contribution is 14.1. The number of hydrogen-bond donors (Lipinski definition) is 1. The third kappa shape index (κ3) is 3.46. The van der Waals surface area contributed by atoms with Crippen LogP contribution in [0.3, 0.4) is 0 Å². The molecule has 0 unspecified atom stereocenters. The van der Waals surface area contributed by atoms with E-state index in [0.29, 0.717) is 28.0 Å². The SMILES string of the molecule is Cc1cccc(-n2c(/C=C3\C(=O)Nc4ccc(C)cc43)nc3ccc(I)cc3c2=O)c1. The van der Waals surface area contributed by atoms with Crippen LogP contribution in [0.15, 0.2) is 65.5 Å². The van der Waals surface area contributed by atoms with E-state index in [-0.39, 0.29) is 11.5 Å². The number of carbonyl (C=O) groups is 1. The number of aromatic nitrogens is 2. The first kappa shape index (κ1) is 19.7. The van der Waals surface area contributed by atoms with Gasteiger partial charge in [-0.15, -0.1) is 0 Å². The van der Waals surface area contributed by atoms with E-state index >= 15 is 0 Å². The largest absolute Gasteiger partial charge is 0.321 e. The molecule has 0 saturated heterocycles. The van der Waals surface area contributed by atoms with Gasteiger partial charge in [0.1, 0.15) is 5.82 Å². The van der Waals surface area contributed by atoms with Crippen molar-refractivity contribution in [1.29, 1.82) is 0 Å². The van der Waals surface area contributed by atoms with E-state index in [1.165, 1.54) is 0 Å². The highest BCUT2D eigenvalue weighted by Gasteiger charge is 2.25. The number of nitrogens with one attached hydrogen (secondary N) is 1. The fourth-order valence-electron chi connectivity index (χ4n) is 3.86. The predicted octanol–water partition coefficient (Wildman–Crippen LogP) is 5.10. The number of aryl methyl sites for hydroxylation is 2. The molecule has 3 aromatic carbocycles. The van der Waals surface area contributed by atoms with Crippen molar-refractivity contribution in [1.82, 2.24) is 9.55 Å². The van der Waals surface area contributed by atoms with Crippen LogP contribution in [-0.2, 0) is 4.79 Å². The first-order valence-corrected chi connectivity index (χ1v) is 10.9. The summed E-state index contributed by atoms with van der Waals surface area (Å²) in [5, 5.41) is 3.44. The average Bonchev–Trinajstić information content (AvgIpc) is 3.03. The minimum absolute atomic E-state index is 0.163. The van der Waals surface area contributed by atoms with Crippen molar-refractivity contribution in [3.05, 3.63) is 97.1 Å². The Hall–Kier alpha value is -3.26. The molecule has 5 rings (SSSR count). The molecule has 6 heteroatoms. The Labute approximate surface area is 192 Å². The quantitative estimate of drug-likeness (QED) is 0.296. The second-order valence-corrected chi connectivity index (χ2v) is 8.92. The first-order chi connectivity index (χ1) is 14.9. The third-order valence-electron chi connectivity index (χ3n) is 5.35. The molecule has 0 spiro atoms. The van der Waals surface area contributed by atoms with Crippen molar-refractivity contribution >= 4 is 56.7 Å². The molecule has 1 aromatic heterocycles. The summed E-state index contributed by atoms with van der Waals surface area (Å²) in [6.45, 7) is 3.97. The molecule has 0 radical (unpaired) electrons. The molecule has 0 atom stereocenters. The molecule has 0 fully saturated rings. The normalized spacial score (nSPS) is 14.2. The molecule has 1 N–H and O–H groups in total. The lowest BCUT2D eigenvalue weighted by molar-refractivity contribution is -0.110. The Morgan fingerprint density at radius 2 is 1.77 bits per heavy atom. The van der Waals surface area contributed by atoms with E-state index in [9.17, 15) is 9.59 Å². The van der Waals surface area contributed by atoms with Crippen molar-refractivity contribution in [2.75, 3.05) is 5.32 Å². The summed E-state index contributed by atoms with van der Waals surface area (Å²) in [4.78, 5) is 31.1. The van der Waals surface area contributed by atoms with Gasteiger partial charge in [-0.2, -0.15) is 0 Å². The summed E-state index contributed by atoms with van der Waals surface area (Å²) in [7, 11) is 0. The summed E-state index contributed by atoms with van der Waals surface area (Å²) in [6.07, 6.45) is 1.71. The Bertz CT molecular complexity index is 1480. The minimum atomic E-state index is -0.201. The Morgan fingerprint density at radius 3 is 2.58 bits per heavy atom. The smallest absolute Gasteiger partial charge is 0.266 e. The maximum absolute atomic E-state index is 13.6. The molecule has 4 aromatic rings. The zero-order chi connectivity index (χ0) is 21.7. The van der Waals surface area contributed by atoms with Gasteiger partial charge >= 0.3 is 0 Å². The molecule has 1 aliphatic heterocycles. The number of hydrogen-bond acceptors (Lipinski definition) is 3. The van der Waals surface area contributed by atoms with Crippen LogP contribution < -0.4 is 10.9 Å². The van der Waals surface area contributed by atoms with Gasteiger partial charge in [-0.3, -0.25) is 14.2 Å². The van der Waals surface area contributed by atoms with Crippen LogP contribution in [0, 0.1) is 17.4 Å². The Balaban J connectivity index is 1.83. The molecule has 5 nitrogen and oxygen atoms in total. The molecular weight excluding hydrogens is 501 g/mol. The zero-order valence-electron chi connectivity index (χ0n) is 16.9. The maximum Gasteiger partial charge on any atom is 0.266 e. The Morgan fingerprint density at radius 1 is 0.968 bits per heavy atom. The van der Waals surface area contributed by atoms with Gasteiger partial charge < -0.3 is 5.32 Å². The van der Waals surface area contributed by atoms with Crippen LogP contribution in [0.2, 0.25) is 0 Å². The molecule has 1 amide bonds. The van der Waals surface area contributed by atoms with E-state index < -0.39 is 0 Å². The van der Waals surface area contributed by atoms with E-state index in [4.69, 9.17) is 4.98 Å². The molecule has 31 heavy (non-hydrogen) atoms. The summed E-state index contributed by atoms with van der Waals surface area (Å²) in [5.41, 5.74) is 5.32. The summed E-state index contributed by atoms with van der Waals surface area (Å²) < 4.78 is 2.55. The monoisotopic (exact) mass is 519 g/mol. The number of anilines is 1. The number of nitrogens with zero attached hydrogens (tertiary/aromatic N) is 2. The minimum Gasteiger partial charge on any atom is -0.321 e. The molecule has 0 aliphatic carbocycles. The average molecular weight is 519 g/mol. The molecule has 0 bridgehead atoms. The van der Waals surface area contributed by atoms with Gasteiger partial charge in [-0.05, 0) is 90.5 Å². The fourth-order valence-corrected chi connectivity index (χ4v) is 4.35. The van der Waals surface area contributed by atoms with Crippen LogP contribution in [0.1, 0.15) is 22.5 Å². The van der Waals surface area contributed by atoms with Crippen LogP contribution in [0.4, 0.5) is 5.69 Å². The number of halogens is 1. The van der Waals surface area contributed by atoms with E-state index in [1.54, 1.807) is 10.6 Å². The van der Waals surface area contributed by atoms with Crippen molar-refractivity contribution in [3.8, 4) is 5.69 Å². The molecular formula is C25H18IN3O2. The molecule has 1 aliphatic rings. The molecule has 2 heterocycles. The molecule has 0 saturated carbocycles. The maximum atomic E-state index is 13.6. The summed E-state index contributed by atoms with van der Waals surface area (Å²) >= 11 is 2.19. The second-order valence-electron chi connectivity index (χ2n) is 7.67. The Kier molecular flexibility index (Phi) is 4.74. The van der Waals surface area contributed by atoms with Crippen molar-refractivity contribution in [3.63, 3.8) is 0 Å². The van der Waals surface area contributed by atoms with Crippen LogP contribution in [0.5, 0.6) is 0 Å². The standard InChI is InChI=1S/C25H18IN3O2/c1-14-4-3-5-17(10-14)29-23(27-22-9-7-16(26)12-20(22)25(29)31)13-19-18-11-15(2)6-8-21(18)28-24(19)30/h3-13H,1-2H3,(H,28,30)/b19-13-. The zero-order valence-corrected chi connectivity index (χ0v) is 19.1.